The van der Waals surface area contributed by atoms with Crippen LogP contribution in [0.2, 0.25) is 0 Å². The van der Waals surface area contributed by atoms with Gasteiger partial charge in [0, 0.05) is 6.54 Å². The van der Waals surface area contributed by atoms with Crippen molar-refractivity contribution in [1.82, 2.24) is 4.90 Å². The first-order valence-corrected chi connectivity index (χ1v) is 7.13. The first-order valence-electron chi connectivity index (χ1n) is 7.13. The van der Waals surface area contributed by atoms with Gasteiger partial charge in [-0.2, -0.15) is 0 Å². The van der Waals surface area contributed by atoms with E-state index in [0.29, 0.717) is 19.3 Å². The number of nitrogens with zero attached hydrogens (tertiary/aromatic N) is 1. The van der Waals surface area contributed by atoms with Crippen LogP contribution in [0.5, 0.6) is 0 Å². The minimum atomic E-state index is -0.349. The second-order valence-electron chi connectivity index (χ2n) is 5.57. The molecular weight excluding hydrogens is 214 g/mol. The van der Waals surface area contributed by atoms with Crippen molar-refractivity contribution in [3.63, 3.8) is 0 Å². The van der Waals surface area contributed by atoms with Crippen LogP contribution in [0.3, 0.4) is 0 Å². The van der Waals surface area contributed by atoms with Crippen molar-refractivity contribution in [3.8, 4) is 0 Å². The molecule has 0 aliphatic heterocycles. The molecule has 0 aromatic rings. The summed E-state index contributed by atoms with van der Waals surface area (Å²) < 4.78 is 5.86. The molecular formula is C14H29NO2. The molecule has 0 aromatic carbocycles. The molecule has 1 atom stereocenters. The number of aliphatic hydroxyl groups is 1. The Morgan fingerprint density at radius 3 is 2.12 bits per heavy atom. The van der Waals surface area contributed by atoms with E-state index in [0.717, 1.165) is 0 Å². The van der Waals surface area contributed by atoms with Crippen LogP contribution in [0.15, 0.2) is 0 Å². The van der Waals surface area contributed by atoms with Gasteiger partial charge in [-0.25, -0.2) is 0 Å². The summed E-state index contributed by atoms with van der Waals surface area (Å²) in [6.45, 7) is 1.18. The molecule has 0 amide bonds. The predicted octanol–water partition coefficient (Wildman–Crippen LogP) is 2.43. The van der Waals surface area contributed by atoms with Crippen molar-refractivity contribution in [2.45, 2.75) is 63.6 Å². The third kappa shape index (κ3) is 7.74. The van der Waals surface area contributed by atoms with Gasteiger partial charge in [0.05, 0.1) is 18.8 Å². The molecule has 3 nitrogen and oxygen atoms in total. The second kappa shape index (κ2) is 8.90. The molecule has 1 aliphatic carbocycles. The van der Waals surface area contributed by atoms with E-state index in [9.17, 15) is 5.11 Å². The molecule has 1 rings (SSSR count). The van der Waals surface area contributed by atoms with Gasteiger partial charge in [-0.15, -0.1) is 0 Å². The third-order valence-electron chi connectivity index (χ3n) is 3.40. The van der Waals surface area contributed by atoms with Crippen LogP contribution < -0.4 is 0 Å². The number of hydrogen-bond donors (Lipinski definition) is 1. The number of rotatable bonds is 5. The van der Waals surface area contributed by atoms with E-state index in [1.807, 2.05) is 19.0 Å². The molecule has 0 saturated heterocycles. The maximum atomic E-state index is 9.76. The van der Waals surface area contributed by atoms with E-state index in [1.165, 1.54) is 51.4 Å². The van der Waals surface area contributed by atoms with E-state index >= 15 is 0 Å². The minimum absolute atomic E-state index is 0.349. The summed E-state index contributed by atoms with van der Waals surface area (Å²) in [7, 11) is 3.95. The van der Waals surface area contributed by atoms with Crippen LogP contribution in [0, 0.1) is 0 Å². The lowest BCUT2D eigenvalue weighted by molar-refractivity contribution is -0.0238. The molecule has 3 heteroatoms. The standard InChI is InChI=1S/C14H29NO2/c1-15(2)11-13(16)12-17-14-9-7-5-3-4-6-8-10-14/h13-14,16H,3-12H2,1-2H3. The Bertz CT molecular complexity index is 175. The fourth-order valence-electron chi connectivity index (χ4n) is 2.48. The monoisotopic (exact) mass is 243 g/mol. The van der Waals surface area contributed by atoms with Crippen LogP contribution in [-0.4, -0.2) is 49.5 Å². The molecule has 0 heterocycles. The van der Waals surface area contributed by atoms with E-state index in [2.05, 4.69) is 0 Å². The summed E-state index contributed by atoms with van der Waals surface area (Å²) in [5.74, 6) is 0. The Kier molecular flexibility index (Phi) is 7.82. The molecule has 0 aromatic heterocycles. The fraction of sp³-hybridized carbons (Fsp3) is 1.00. The zero-order chi connectivity index (χ0) is 12.5. The van der Waals surface area contributed by atoms with Gasteiger partial charge in [0.25, 0.3) is 0 Å². The number of ether oxygens (including phenoxy) is 1. The third-order valence-corrected chi connectivity index (χ3v) is 3.40. The van der Waals surface area contributed by atoms with Gasteiger partial charge in [0.15, 0.2) is 0 Å². The van der Waals surface area contributed by atoms with Crippen LogP contribution >= 0.6 is 0 Å². The van der Waals surface area contributed by atoms with Gasteiger partial charge < -0.3 is 14.7 Å². The average molecular weight is 243 g/mol. The largest absolute Gasteiger partial charge is 0.389 e. The highest BCUT2D eigenvalue weighted by Crippen LogP contribution is 2.19. The van der Waals surface area contributed by atoms with Crippen LogP contribution in [-0.2, 0) is 4.74 Å². The minimum Gasteiger partial charge on any atom is -0.389 e. The smallest absolute Gasteiger partial charge is 0.0900 e. The molecule has 1 aliphatic rings. The molecule has 1 unspecified atom stereocenters. The van der Waals surface area contributed by atoms with Crippen LogP contribution in [0.1, 0.15) is 51.4 Å². The highest BCUT2D eigenvalue weighted by atomic mass is 16.5. The van der Waals surface area contributed by atoms with Gasteiger partial charge in [-0.3, -0.25) is 0 Å². The van der Waals surface area contributed by atoms with Gasteiger partial charge in [0.2, 0.25) is 0 Å². The zero-order valence-corrected chi connectivity index (χ0v) is 11.5. The lowest BCUT2D eigenvalue weighted by atomic mass is 10.1. The molecule has 1 saturated carbocycles. The van der Waals surface area contributed by atoms with Gasteiger partial charge in [-0.05, 0) is 26.9 Å². The quantitative estimate of drug-likeness (QED) is 0.805. The lowest BCUT2D eigenvalue weighted by Gasteiger charge is -2.21. The number of hydrogen-bond acceptors (Lipinski definition) is 3. The molecule has 102 valence electrons. The highest BCUT2D eigenvalue weighted by molar-refractivity contribution is 4.65. The zero-order valence-electron chi connectivity index (χ0n) is 11.5. The molecule has 0 spiro atoms. The Morgan fingerprint density at radius 1 is 1.06 bits per heavy atom. The summed E-state index contributed by atoms with van der Waals surface area (Å²) in [5.41, 5.74) is 0. The summed E-state index contributed by atoms with van der Waals surface area (Å²) >= 11 is 0. The van der Waals surface area contributed by atoms with Crippen molar-refractivity contribution in [2.75, 3.05) is 27.2 Å². The van der Waals surface area contributed by atoms with Crippen molar-refractivity contribution in [3.05, 3.63) is 0 Å². The van der Waals surface area contributed by atoms with Crippen LogP contribution in [0.4, 0.5) is 0 Å². The van der Waals surface area contributed by atoms with Crippen molar-refractivity contribution < 1.29 is 9.84 Å². The summed E-state index contributed by atoms with van der Waals surface area (Å²) in [5, 5.41) is 9.76. The molecule has 0 bridgehead atoms. The van der Waals surface area contributed by atoms with E-state index in [4.69, 9.17) is 4.74 Å². The Morgan fingerprint density at radius 2 is 1.59 bits per heavy atom. The Hall–Kier alpha value is -0.120. The average Bonchev–Trinajstić information content (AvgIpc) is 2.38. The summed E-state index contributed by atoms with van der Waals surface area (Å²) in [4.78, 5) is 2.00. The predicted molar refractivity (Wildman–Crippen MR) is 71.2 cm³/mol. The van der Waals surface area contributed by atoms with Crippen molar-refractivity contribution in [1.29, 1.82) is 0 Å². The molecule has 1 N–H and O–H groups in total. The highest BCUT2D eigenvalue weighted by Gasteiger charge is 2.13. The number of aliphatic hydroxyl groups excluding tert-OH is 1. The number of likely N-dealkylation sites (N-methyl/N-ethyl adjacent to an activating group) is 1. The first kappa shape index (κ1) is 14.9. The van der Waals surface area contributed by atoms with E-state index in [1.54, 1.807) is 0 Å². The summed E-state index contributed by atoms with van der Waals surface area (Å²) in [6, 6.07) is 0. The lowest BCUT2D eigenvalue weighted by Crippen LogP contribution is -2.31. The van der Waals surface area contributed by atoms with Crippen LogP contribution in [0.25, 0.3) is 0 Å². The normalized spacial score (nSPS) is 21.9. The van der Waals surface area contributed by atoms with E-state index in [-0.39, 0.29) is 6.10 Å². The Labute approximate surface area is 106 Å². The second-order valence-corrected chi connectivity index (χ2v) is 5.57. The van der Waals surface area contributed by atoms with Gasteiger partial charge >= 0.3 is 0 Å². The van der Waals surface area contributed by atoms with Crippen molar-refractivity contribution in [2.24, 2.45) is 0 Å². The fourth-order valence-corrected chi connectivity index (χ4v) is 2.48. The molecule has 17 heavy (non-hydrogen) atoms. The van der Waals surface area contributed by atoms with Crippen molar-refractivity contribution >= 4 is 0 Å². The SMILES string of the molecule is CN(C)CC(O)COC1CCCCCCCC1. The van der Waals surface area contributed by atoms with Gasteiger partial charge in [0.1, 0.15) is 0 Å². The summed E-state index contributed by atoms with van der Waals surface area (Å²) in [6.07, 6.45) is 10.4. The van der Waals surface area contributed by atoms with Gasteiger partial charge in [-0.1, -0.05) is 38.5 Å². The van der Waals surface area contributed by atoms with E-state index < -0.39 is 0 Å². The Balaban J connectivity index is 2.18. The molecule has 0 radical (unpaired) electrons. The first-order chi connectivity index (χ1) is 8.18. The maximum absolute atomic E-state index is 9.76. The topological polar surface area (TPSA) is 32.7 Å². The maximum Gasteiger partial charge on any atom is 0.0900 e. The molecule has 1 fully saturated rings.